The molecule has 0 radical (unpaired) electrons. The Balaban J connectivity index is 1.67. The van der Waals surface area contributed by atoms with E-state index in [4.69, 9.17) is 10.1 Å². The lowest BCUT2D eigenvalue weighted by Gasteiger charge is -2.30. The van der Waals surface area contributed by atoms with Crippen LogP contribution in [0.4, 0.5) is 11.5 Å². The number of hydrogen-bond acceptors (Lipinski definition) is 6. The van der Waals surface area contributed by atoms with E-state index >= 15 is 0 Å². The third kappa shape index (κ3) is 4.06. The van der Waals surface area contributed by atoms with Crippen LogP contribution < -0.4 is 10.2 Å². The molecule has 4 rings (SSSR count). The first kappa shape index (κ1) is 21.4. The van der Waals surface area contributed by atoms with Crippen LogP contribution in [0, 0.1) is 0 Å². The molecule has 1 fully saturated rings. The highest BCUT2D eigenvalue weighted by atomic mass is 15.3. The van der Waals surface area contributed by atoms with Crippen molar-refractivity contribution >= 4 is 30.1 Å². The summed E-state index contributed by atoms with van der Waals surface area (Å²) >= 11 is 0. The lowest BCUT2D eigenvalue weighted by molar-refractivity contribution is 0.494. The Morgan fingerprint density at radius 3 is 2.58 bits per heavy atom. The number of fused-ring (bicyclic) bond motifs is 1. The van der Waals surface area contributed by atoms with E-state index in [9.17, 15) is 0 Å². The number of nitrogens with zero attached hydrogens (tertiary/aromatic N) is 6. The number of hydrogen-bond donors (Lipinski definition) is 1. The van der Waals surface area contributed by atoms with Gasteiger partial charge in [0.1, 0.15) is 0 Å². The van der Waals surface area contributed by atoms with Gasteiger partial charge < -0.3 is 10.2 Å². The van der Waals surface area contributed by atoms with Crippen LogP contribution >= 0.6 is 0 Å². The summed E-state index contributed by atoms with van der Waals surface area (Å²) in [7, 11) is 2.02. The molecule has 0 unspecified atom stereocenters. The van der Waals surface area contributed by atoms with Gasteiger partial charge in [0.25, 0.3) is 0 Å². The Morgan fingerprint density at radius 2 is 1.97 bits per heavy atom. The molecule has 0 bridgehead atoms. The smallest absolute Gasteiger partial charge is 0.151 e. The molecule has 0 spiro atoms. The number of aryl methyl sites for hydroxylation is 1. The summed E-state index contributed by atoms with van der Waals surface area (Å²) < 4.78 is 2.00. The third-order valence-electron chi connectivity index (χ3n) is 6.18. The van der Waals surface area contributed by atoms with Crippen molar-refractivity contribution in [2.75, 3.05) is 31.1 Å². The van der Waals surface area contributed by atoms with Crippen LogP contribution in [0.5, 0.6) is 0 Å². The van der Waals surface area contributed by atoms with Gasteiger partial charge in [0, 0.05) is 50.4 Å². The lowest BCUT2D eigenvalue weighted by Crippen LogP contribution is -2.43. The van der Waals surface area contributed by atoms with Crippen LogP contribution in [-0.4, -0.2) is 53.9 Å². The number of anilines is 1. The molecule has 7 heteroatoms. The van der Waals surface area contributed by atoms with Crippen LogP contribution in [0.2, 0.25) is 0 Å². The highest BCUT2D eigenvalue weighted by Crippen LogP contribution is 2.44. The molecular formula is C24H33N7. The van der Waals surface area contributed by atoms with Crippen LogP contribution in [-0.2, 0) is 12.5 Å². The highest BCUT2D eigenvalue weighted by molar-refractivity contribution is 5.95. The van der Waals surface area contributed by atoms with E-state index in [1.165, 1.54) is 5.69 Å². The molecule has 31 heavy (non-hydrogen) atoms. The van der Waals surface area contributed by atoms with Crippen LogP contribution in [0.25, 0.3) is 5.70 Å². The molecule has 2 aromatic heterocycles. The number of aromatic nitrogens is 3. The van der Waals surface area contributed by atoms with Gasteiger partial charge >= 0.3 is 0 Å². The zero-order chi connectivity index (χ0) is 22.2. The number of rotatable bonds is 5. The van der Waals surface area contributed by atoms with Crippen LogP contribution in [0.15, 0.2) is 33.9 Å². The van der Waals surface area contributed by atoms with Crippen molar-refractivity contribution in [3.8, 4) is 0 Å². The number of pyridine rings is 1. The Labute approximate surface area is 185 Å². The van der Waals surface area contributed by atoms with Gasteiger partial charge in [-0.1, -0.05) is 27.7 Å². The number of allylic oxidation sites excluding steroid dienone is 1. The average Bonchev–Trinajstić information content (AvgIpc) is 3.11. The topological polar surface area (TPSA) is 70.7 Å². The fourth-order valence-electron chi connectivity index (χ4n) is 4.71. The van der Waals surface area contributed by atoms with Crippen molar-refractivity contribution in [2.45, 2.75) is 45.4 Å². The van der Waals surface area contributed by atoms with Crippen molar-refractivity contribution in [3.05, 3.63) is 40.9 Å². The zero-order valence-electron chi connectivity index (χ0n) is 19.3. The van der Waals surface area contributed by atoms with Gasteiger partial charge in [-0.15, -0.1) is 0 Å². The van der Waals surface area contributed by atoms with E-state index in [2.05, 4.69) is 60.7 Å². The molecular weight excluding hydrogens is 386 g/mol. The predicted molar refractivity (Wildman–Crippen MR) is 129 cm³/mol. The Kier molecular flexibility index (Phi) is 5.79. The van der Waals surface area contributed by atoms with Crippen molar-refractivity contribution in [3.63, 3.8) is 0 Å². The second-order valence-corrected chi connectivity index (χ2v) is 9.35. The van der Waals surface area contributed by atoms with E-state index in [1.807, 2.05) is 30.2 Å². The molecule has 0 atom stereocenters. The zero-order valence-corrected chi connectivity index (χ0v) is 19.3. The minimum atomic E-state index is -0.102. The average molecular weight is 420 g/mol. The summed E-state index contributed by atoms with van der Waals surface area (Å²) in [4.78, 5) is 16.0. The number of nitrogens with one attached hydrogen (secondary N) is 1. The quantitative estimate of drug-likeness (QED) is 0.748. The van der Waals surface area contributed by atoms with E-state index < -0.39 is 0 Å². The van der Waals surface area contributed by atoms with Crippen LogP contribution in [0.1, 0.15) is 57.0 Å². The summed E-state index contributed by atoms with van der Waals surface area (Å²) in [6.45, 7) is 16.8. The van der Waals surface area contributed by atoms with E-state index in [0.29, 0.717) is 11.7 Å². The molecule has 1 saturated heterocycles. The molecule has 0 amide bonds. The molecule has 1 aliphatic carbocycles. The number of piperazine rings is 1. The maximum absolute atomic E-state index is 4.86. The molecule has 1 N–H and O–H groups in total. The fraction of sp³-hybridized carbons (Fsp3) is 0.500. The van der Waals surface area contributed by atoms with Crippen LogP contribution in [0.3, 0.4) is 0 Å². The standard InChI is InChI=1S/C24H33N7/c1-16(2)22-20-21(25-5)17(13-24(3,4)23(20)29-30(22)6)14-27-19-8-7-18(15-28-19)31-11-9-26-10-12-31/h7-8,14-16,26H,5,9-13H2,1-4,6H3/b27-14-. The van der Waals surface area contributed by atoms with Crippen molar-refractivity contribution in [2.24, 2.45) is 17.0 Å². The molecule has 2 aromatic rings. The molecule has 0 aromatic carbocycles. The summed E-state index contributed by atoms with van der Waals surface area (Å²) in [5.41, 5.74) is 6.42. The maximum Gasteiger partial charge on any atom is 0.151 e. The molecule has 3 heterocycles. The van der Waals surface area contributed by atoms with Gasteiger partial charge in [-0.3, -0.25) is 9.67 Å². The normalized spacial score (nSPS) is 18.7. The molecule has 0 saturated carbocycles. The van der Waals surface area contributed by atoms with Gasteiger partial charge in [0.05, 0.1) is 29.0 Å². The summed E-state index contributed by atoms with van der Waals surface area (Å²) in [5, 5.41) is 8.24. The van der Waals surface area contributed by atoms with Gasteiger partial charge in [0.2, 0.25) is 0 Å². The summed E-state index contributed by atoms with van der Waals surface area (Å²) in [6.07, 6.45) is 4.64. The first-order chi connectivity index (χ1) is 14.8. The monoisotopic (exact) mass is 419 g/mol. The van der Waals surface area contributed by atoms with Gasteiger partial charge in [-0.25, -0.2) is 9.98 Å². The largest absolute Gasteiger partial charge is 0.368 e. The van der Waals surface area contributed by atoms with Gasteiger partial charge in [-0.2, -0.15) is 5.10 Å². The Hall–Kier alpha value is -2.80. The van der Waals surface area contributed by atoms with Crippen molar-refractivity contribution in [1.29, 1.82) is 0 Å². The van der Waals surface area contributed by atoms with E-state index in [1.54, 1.807) is 0 Å². The minimum Gasteiger partial charge on any atom is -0.368 e. The molecule has 7 nitrogen and oxygen atoms in total. The second-order valence-electron chi connectivity index (χ2n) is 9.35. The SMILES string of the molecule is C=NC1=C(/C=N\c2ccc(N3CCNCC3)cn2)CC(C)(C)c2nn(C)c(C(C)C)c21. The van der Waals surface area contributed by atoms with E-state index in [-0.39, 0.29) is 5.41 Å². The summed E-state index contributed by atoms with van der Waals surface area (Å²) in [5.74, 6) is 1.04. The minimum absolute atomic E-state index is 0.102. The maximum atomic E-state index is 4.86. The Bertz CT molecular complexity index is 1020. The predicted octanol–water partition coefficient (Wildman–Crippen LogP) is 3.84. The highest BCUT2D eigenvalue weighted by Gasteiger charge is 2.37. The van der Waals surface area contributed by atoms with Crippen molar-refractivity contribution < 1.29 is 0 Å². The van der Waals surface area contributed by atoms with Crippen molar-refractivity contribution in [1.82, 2.24) is 20.1 Å². The molecule has 2 aliphatic rings. The Morgan fingerprint density at radius 1 is 1.23 bits per heavy atom. The molecule has 1 aliphatic heterocycles. The summed E-state index contributed by atoms with van der Waals surface area (Å²) in [6, 6.07) is 4.09. The fourth-order valence-corrected chi connectivity index (χ4v) is 4.71. The van der Waals surface area contributed by atoms with Gasteiger partial charge in [-0.05, 0) is 36.8 Å². The third-order valence-corrected chi connectivity index (χ3v) is 6.18. The first-order valence-corrected chi connectivity index (χ1v) is 11.0. The molecule has 164 valence electrons. The van der Waals surface area contributed by atoms with Gasteiger partial charge in [0.15, 0.2) is 5.82 Å². The second kappa shape index (κ2) is 8.38. The van der Waals surface area contributed by atoms with E-state index in [0.717, 1.165) is 60.8 Å². The first-order valence-electron chi connectivity index (χ1n) is 11.0. The lowest BCUT2D eigenvalue weighted by atomic mass is 9.74. The number of aliphatic imine (C=N–C) groups is 2.